The Kier molecular flexibility index (Phi) is 5.41. The summed E-state index contributed by atoms with van der Waals surface area (Å²) in [6, 6.07) is 8.06. The topological polar surface area (TPSA) is 66.9 Å². The number of hydrogen-bond donors (Lipinski definition) is 2. The van der Waals surface area contributed by atoms with Crippen molar-refractivity contribution in [3.63, 3.8) is 0 Å². The summed E-state index contributed by atoms with van der Waals surface area (Å²) >= 11 is 0. The molecule has 22 heavy (non-hydrogen) atoms. The van der Waals surface area contributed by atoms with E-state index in [-0.39, 0.29) is 24.0 Å². The van der Waals surface area contributed by atoms with Crippen LogP contribution in [0.25, 0.3) is 0 Å². The quantitative estimate of drug-likeness (QED) is 0.861. The monoisotopic (exact) mass is 302 g/mol. The van der Waals surface area contributed by atoms with Gasteiger partial charge >= 0.3 is 0 Å². The number of hydrogen-bond acceptors (Lipinski definition) is 4. The third-order valence-corrected chi connectivity index (χ3v) is 2.99. The second kappa shape index (κ2) is 7.49. The zero-order valence-corrected chi connectivity index (χ0v) is 12.6. The summed E-state index contributed by atoms with van der Waals surface area (Å²) in [5, 5.41) is 5.78. The van der Waals surface area contributed by atoms with Crippen LogP contribution in [-0.2, 0) is 6.54 Å². The lowest BCUT2D eigenvalue weighted by Crippen LogP contribution is -2.28. The van der Waals surface area contributed by atoms with Gasteiger partial charge in [0.1, 0.15) is 23.7 Å². The zero-order chi connectivity index (χ0) is 15.9. The highest BCUT2D eigenvalue weighted by atomic mass is 19.1. The fourth-order valence-corrected chi connectivity index (χ4v) is 1.79. The van der Waals surface area contributed by atoms with Crippen molar-refractivity contribution in [3.8, 4) is 0 Å². The lowest BCUT2D eigenvalue weighted by Gasteiger charge is -2.09. The summed E-state index contributed by atoms with van der Waals surface area (Å²) in [6.07, 6.45) is 1.31. The predicted molar refractivity (Wildman–Crippen MR) is 82.9 cm³/mol. The summed E-state index contributed by atoms with van der Waals surface area (Å²) in [6.45, 7) is 4.90. The first-order valence-electron chi connectivity index (χ1n) is 7.14. The number of aromatic nitrogens is 2. The third kappa shape index (κ3) is 4.51. The van der Waals surface area contributed by atoms with Crippen molar-refractivity contribution >= 4 is 11.7 Å². The van der Waals surface area contributed by atoms with E-state index in [1.165, 1.54) is 12.4 Å². The van der Waals surface area contributed by atoms with E-state index >= 15 is 0 Å². The second-order valence-electron chi connectivity index (χ2n) is 5.34. The number of rotatable bonds is 6. The van der Waals surface area contributed by atoms with Gasteiger partial charge in [-0.2, -0.15) is 0 Å². The maximum absolute atomic E-state index is 13.5. The molecule has 0 aliphatic carbocycles. The third-order valence-electron chi connectivity index (χ3n) is 2.99. The number of nitrogens with one attached hydrogen (secondary N) is 2. The van der Waals surface area contributed by atoms with Gasteiger partial charge in [-0.25, -0.2) is 14.4 Å². The zero-order valence-electron chi connectivity index (χ0n) is 12.6. The van der Waals surface area contributed by atoms with Crippen LogP contribution in [0.1, 0.15) is 29.9 Å². The standard InChI is InChI=1S/C16H19FN4O/c1-11(2)8-19-16(22)14-7-15(21-10-20-14)18-9-12-5-3-4-6-13(12)17/h3-7,10-11H,8-9H2,1-2H3,(H,19,22)(H,18,20,21). The van der Waals surface area contributed by atoms with Crippen LogP contribution in [0, 0.1) is 11.7 Å². The molecule has 5 nitrogen and oxygen atoms in total. The molecule has 0 radical (unpaired) electrons. The van der Waals surface area contributed by atoms with Crippen LogP contribution in [0.5, 0.6) is 0 Å². The highest BCUT2D eigenvalue weighted by Gasteiger charge is 2.09. The highest BCUT2D eigenvalue weighted by molar-refractivity contribution is 5.92. The fourth-order valence-electron chi connectivity index (χ4n) is 1.79. The molecule has 0 bridgehead atoms. The summed E-state index contributed by atoms with van der Waals surface area (Å²) < 4.78 is 13.5. The molecule has 0 spiro atoms. The van der Waals surface area contributed by atoms with E-state index < -0.39 is 0 Å². The number of carbonyl (C=O) groups excluding carboxylic acids is 1. The average molecular weight is 302 g/mol. The van der Waals surface area contributed by atoms with E-state index in [2.05, 4.69) is 20.6 Å². The Morgan fingerprint density at radius 2 is 2.05 bits per heavy atom. The highest BCUT2D eigenvalue weighted by Crippen LogP contribution is 2.10. The van der Waals surface area contributed by atoms with Gasteiger partial charge in [-0.3, -0.25) is 4.79 Å². The lowest BCUT2D eigenvalue weighted by molar-refractivity contribution is 0.0944. The summed E-state index contributed by atoms with van der Waals surface area (Å²) in [5.74, 6) is 0.321. The van der Waals surface area contributed by atoms with Crippen LogP contribution in [0.3, 0.4) is 0 Å². The Hall–Kier alpha value is -2.50. The molecule has 0 saturated carbocycles. The molecular formula is C16H19FN4O. The number of nitrogens with zero attached hydrogens (tertiary/aromatic N) is 2. The maximum Gasteiger partial charge on any atom is 0.270 e. The molecule has 116 valence electrons. The average Bonchev–Trinajstić information content (AvgIpc) is 2.52. The Balaban J connectivity index is 1.99. The van der Waals surface area contributed by atoms with Gasteiger partial charge in [0.25, 0.3) is 5.91 Å². The molecule has 1 aromatic heterocycles. The number of carbonyl (C=O) groups is 1. The summed E-state index contributed by atoms with van der Waals surface area (Å²) in [5.41, 5.74) is 0.818. The number of anilines is 1. The van der Waals surface area contributed by atoms with Gasteiger partial charge < -0.3 is 10.6 Å². The molecule has 1 heterocycles. The molecular weight excluding hydrogens is 283 g/mol. The molecule has 1 aromatic carbocycles. The van der Waals surface area contributed by atoms with Crippen LogP contribution in [0.2, 0.25) is 0 Å². The van der Waals surface area contributed by atoms with Crippen molar-refractivity contribution in [1.82, 2.24) is 15.3 Å². The van der Waals surface area contributed by atoms with Gasteiger partial charge in [-0.1, -0.05) is 32.0 Å². The molecule has 1 amide bonds. The van der Waals surface area contributed by atoms with Crippen LogP contribution in [-0.4, -0.2) is 22.4 Å². The smallest absolute Gasteiger partial charge is 0.270 e. The van der Waals surface area contributed by atoms with E-state index in [9.17, 15) is 9.18 Å². The minimum atomic E-state index is -0.279. The first kappa shape index (κ1) is 15.9. The molecule has 0 atom stereocenters. The van der Waals surface area contributed by atoms with Gasteiger partial charge in [0, 0.05) is 24.7 Å². The van der Waals surface area contributed by atoms with Gasteiger partial charge in [0.15, 0.2) is 0 Å². The molecule has 6 heteroatoms. The molecule has 0 aliphatic rings. The van der Waals surface area contributed by atoms with E-state index in [4.69, 9.17) is 0 Å². The second-order valence-corrected chi connectivity index (χ2v) is 5.34. The van der Waals surface area contributed by atoms with Crippen molar-refractivity contribution in [2.24, 2.45) is 5.92 Å². The maximum atomic E-state index is 13.5. The molecule has 2 aromatic rings. The molecule has 0 fully saturated rings. The Labute approximate surface area is 129 Å². The van der Waals surface area contributed by atoms with Crippen LogP contribution in [0.4, 0.5) is 10.2 Å². The first-order chi connectivity index (χ1) is 10.6. The largest absolute Gasteiger partial charge is 0.366 e. The molecule has 2 rings (SSSR count). The van der Waals surface area contributed by atoms with Crippen LogP contribution < -0.4 is 10.6 Å². The van der Waals surface area contributed by atoms with E-state index in [0.29, 0.717) is 23.8 Å². The van der Waals surface area contributed by atoms with Crippen molar-refractivity contribution in [2.45, 2.75) is 20.4 Å². The van der Waals surface area contributed by atoms with E-state index in [1.54, 1.807) is 24.3 Å². The molecule has 2 N–H and O–H groups in total. The Morgan fingerprint density at radius 3 is 2.77 bits per heavy atom. The van der Waals surface area contributed by atoms with Crippen molar-refractivity contribution in [3.05, 3.63) is 53.7 Å². The Morgan fingerprint density at radius 1 is 1.27 bits per heavy atom. The van der Waals surface area contributed by atoms with Crippen LogP contribution in [0.15, 0.2) is 36.7 Å². The van der Waals surface area contributed by atoms with E-state index in [1.807, 2.05) is 13.8 Å². The van der Waals surface area contributed by atoms with Crippen molar-refractivity contribution in [1.29, 1.82) is 0 Å². The fraction of sp³-hybridized carbons (Fsp3) is 0.312. The minimum Gasteiger partial charge on any atom is -0.366 e. The predicted octanol–water partition coefficient (Wildman–Crippen LogP) is 2.61. The SMILES string of the molecule is CC(C)CNC(=O)c1cc(NCc2ccccc2F)ncn1. The number of halogens is 1. The summed E-state index contributed by atoms with van der Waals surface area (Å²) in [4.78, 5) is 19.9. The molecule has 0 saturated heterocycles. The first-order valence-corrected chi connectivity index (χ1v) is 7.14. The van der Waals surface area contributed by atoms with Gasteiger partial charge in [-0.15, -0.1) is 0 Å². The van der Waals surface area contributed by atoms with E-state index in [0.717, 1.165) is 0 Å². The van der Waals surface area contributed by atoms with Gasteiger partial charge in [0.05, 0.1) is 0 Å². The molecule has 0 aliphatic heterocycles. The normalized spacial score (nSPS) is 10.5. The van der Waals surface area contributed by atoms with Gasteiger partial charge in [-0.05, 0) is 12.0 Å². The summed E-state index contributed by atoms with van der Waals surface area (Å²) in [7, 11) is 0. The van der Waals surface area contributed by atoms with Crippen molar-refractivity contribution in [2.75, 3.05) is 11.9 Å². The van der Waals surface area contributed by atoms with Crippen molar-refractivity contribution < 1.29 is 9.18 Å². The number of amides is 1. The Bertz CT molecular complexity index is 646. The molecule has 0 unspecified atom stereocenters. The van der Waals surface area contributed by atoms with Gasteiger partial charge in [0.2, 0.25) is 0 Å². The van der Waals surface area contributed by atoms with Crippen LogP contribution >= 0.6 is 0 Å². The minimum absolute atomic E-state index is 0.245. The number of benzene rings is 1. The lowest BCUT2D eigenvalue weighted by atomic mass is 10.2.